The van der Waals surface area contributed by atoms with Gasteiger partial charge >= 0.3 is 0 Å². The Balaban J connectivity index is 1.70. The molecule has 0 amide bonds. The van der Waals surface area contributed by atoms with Gasteiger partial charge in [-0.3, -0.25) is 0 Å². The monoisotopic (exact) mass is 331 g/mol. The van der Waals surface area contributed by atoms with Crippen LogP contribution in [0.25, 0.3) is 0 Å². The standard InChI is InChI=1S/C21H33NO2/c1-17(22-15-19-10-7-12-23-19)14-21(18-8-5-4-6-9-18)11-13-24-20(2,3)16-21/h4-6,8-9,17,19,22H,7,10-16H2,1-3H3. The van der Waals surface area contributed by atoms with Crippen molar-refractivity contribution in [1.29, 1.82) is 0 Å². The van der Waals surface area contributed by atoms with Gasteiger partial charge in [0.15, 0.2) is 0 Å². The van der Waals surface area contributed by atoms with Gasteiger partial charge in [0.2, 0.25) is 0 Å². The van der Waals surface area contributed by atoms with Gasteiger partial charge < -0.3 is 14.8 Å². The lowest BCUT2D eigenvalue weighted by Gasteiger charge is -2.46. The van der Waals surface area contributed by atoms with Crippen LogP contribution in [0.5, 0.6) is 0 Å². The van der Waals surface area contributed by atoms with Crippen molar-refractivity contribution in [1.82, 2.24) is 5.32 Å². The molecule has 3 heteroatoms. The molecular formula is C21H33NO2. The molecule has 24 heavy (non-hydrogen) atoms. The van der Waals surface area contributed by atoms with E-state index in [0.717, 1.165) is 39.0 Å². The van der Waals surface area contributed by atoms with Crippen LogP contribution in [0.15, 0.2) is 30.3 Å². The first-order chi connectivity index (χ1) is 11.5. The van der Waals surface area contributed by atoms with Gasteiger partial charge in [0.25, 0.3) is 0 Å². The van der Waals surface area contributed by atoms with Gasteiger partial charge in [0.05, 0.1) is 11.7 Å². The second-order valence-corrected chi connectivity index (χ2v) is 8.33. The molecule has 0 radical (unpaired) electrons. The summed E-state index contributed by atoms with van der Waals surface area (Å²) in [4.78, 5) is 0. The van der Waals surface area contributed by atoms with E-state index >= 15 is 0 Å². The average Bonchev–Trinajstić information content (AvgIpc) is 3.06. The van der Waals surface area contributed by atoms with Gasteiger partial charge in [0, 0.05) is 31.2 Å². The van der Waals surface area contributed by atoms with E-state index in [1.165, 1.54) is 18.4 Å². The zero-order chi connectivity index (χ0) is 17.0. The highest BCUT2D eigenvalue weighted by Crippen LogP contribution is 2.44. The summed E-state index contributed by atoms with van der Waals surface area (Å²) in [6, 6.07) is 11.5. The van der Waals surface area contributed by atoms with Crippen LogP contribution < -0.4 is 5.32 Å². The molecular weight excluding hydrogens is 298 g/mol. The Kier molecular flexibility index (Phi) is 5.63. The summed E-state index contributed by atoms with van der Waals surface area (Å²) in [5, 5.41) is 3.73. The van der Waals surface area contributed by atoms with Crippen molar-refractivity contribution in [2.75, 3.05) is 19.8 Å². The third-order valence-electron chi connectivity index (χ3n) is 5.64. The maximum atomic E-state index is 6.02. The zero-order valence-electron chi connectivity index (χ0n) is 15.5. The smallest absolute Gasteiger partial charge is 0.0700 e. The number of hydrogen-bond acceptors (Lipinski definition) is 3. The molecule has 3 unspecified atom stereocenters. The van der Waals surface area contributed by atoms with Crippen molar-refractivity contribution in [2.24, 2.45) is 0 Å². The summed E-state index contributed by atoms with van der Waals surface area (Å²) in [5.74, 6) is 0. The number of rotatable bonds is 6. The van der Waals surface area contributed by atoms with Crippen LogP contribution in [-0.4, -0.2) is 37.5 Å². The lowest BCUT2D eigenvalue weighted by Crippen LogP contribution is -2.47. The number of ether oxygens (including phenoxy) is 2. The molecule has 0 aromatic heterocycles. The van der Waals surface area contributed by atoms with E-state index in [4.69, 9.17) is 9.47 Å². The number of benzene rings is 1. The summed E-state index contributed by atoms with van der Waals surface area (Å²) in [6.45, 7) is 9.54. The minimum atomic E-state index is -0.0532. The first kappa shape index (κ1) is 17.9. The Morgan fingerprint density at radius 3 is 2.67 bits per heavy atom. The molecule has 1 aromatic rings. The highest BCUT2D eigenvalue weighted by Gasteiger charge is 2.42. The first-order valence-electron chi connectivity index (χ1n) is 9.54. The summed E-state index contributed by atoms with van der Waals surface area (Å²) >= 11 is 0. The van der Waals surface area contributed by atoms with E-state index in [9.17, 15) is 0 Å². The van der Waals surface area contributed by atoms with E-state index in [-0.39, 0.29) is 11.0 Å². The third-order valence-corrected chi connectivity index (χ3v) is 5.64. The summed E-state index contributed by atoms with van der Waals surface area (Å²) < 4.78 is 11.8. The topological polar surface area (TPSA) is 30.5 Å². The highest BCUT2D eigenvalue weighted by atomic mass is 16.5. The van der Waals surface area contributed by atoms with Crippen LogP contribution in [-0.2, 0) is 14.9 Å². The van der Waals surface area contributed by atoms with Gasteiger partial charge in [-0.2, -0.15) is 0 Å². The molecule has 2 saturated heterocycles. The lowest BCUT2D eigenvalue weighted by atomic mass is 9.66. The number of hydrogen-bond donors (Lipinski definition) is 1. The van der Waals surface area contributed by atoms with Crippen molar-refractivity contribution in [3.8, 4) is 0 Å². The predicted octanol–water partition coefficient (Wildman–Crippen LogP) is 4.06. The molecule has 2 aliphatic heterocycles. The Morgan fingerprint density at radius 2 is 2.00 bits per heavy atom. The molecule has 3 rings (SSSR count). The Labute approximate surface area is 147 Å². The summed E-state index contributed by atoms with van der Waals surface area (Å²) in [7, 11) is 0. The van der Waals surface area contributed by atoms with Crippen molar-refractivity contribution >= 4 is 0 Å². The molecule has 3 nitrogen and oxygen atoms in total. The summed E-state index contributed by atoms with van der Waals surface area (Å²) in [6.07, 6.45) is 6.15. The third kappa shape index (κ3) is 4.38. The van der Waals surface area contributed by atoms with Crippen LogP contribution >= 0.6 is 0 Å². The molecule has 0 spiro atoms. The minimum absolute atomic E-state index is 0.0532. The normalized spacial score (nSPS) is 31.0. The molecule has 2 heterocycles. The maximum Gasteiger partial charge on any atom is 0.0700 e. The quantitative estimate of drug-likeness (QED) is 0.853. The first-order valence-corrected chi connectivity index (χ1v) is 9.54. The largest absolute Gasteiger partial charge is 0.377 e. The highest BCUT2D eigenvalue weighted by molar-refractivity contribution is 5.27. The van der Waals surface area contributed by atoms with Gasteiger partial charge in [-0.05, 0) is 58.4 Å². The van der Waals surface area contributed by atoms with E-state index in [1.54, 1.807) is 0 Å². The lowest BCUT2D eigenvalue weighted by molar-refractivity contribution is -0.0855. The fourth-order valence-electron chi connectivity index (χ4n) is 4.60. The molecule has 0 saturated carbocycles. The van der Waals surface area contributed by atoms with Crippen molar-refractivity contribution in [2.45, 2.75) is 76.0 Å². The summed E-state index contributed by atoms with van der Waals surface area (Å²) in [5.41, 5.74) is 1.61. The fourth-order valence-corrected chi connectivity index (χ4v) is 4.60. The maximum absolute atomic E-state index is 6.02. The predicted molar refractivity (Wildman–Crippen MR) is 98.4 cm³/mol. The van der Waals surface area contributed by atoms with Gasteiger partial charge in [0.1, 0.15) is 0 Å². The molecule has 1 aromatic carbocycles. The van der Waals surface area contributed by atoms with Crippen LogP contribution in [0.4, 0.5) is 0 Å². The Bertz CT molecular complexity index is 510. The molecule has 0 aliphatic carbocycles. The van der Waals surface area contributed by atoms with Gasteiger partial charge in [-0.1, -0.05) is 30.3 Å². The zero-order valence-corrected chi connectivity index (χ0v) is 15.5. The average molecular weight is 332 g/mol. The van der Waals surface area contributed by atoms with Crippen LogP contribution in [0, 0.1) is 0 Å². The van der Waals surface area contributed by atoms with Crippen molar-refractivity contribution in [3.05, 3.63) is 35.9 Å². The molecule has 1 N–H and O–H groups in total. The molecule has 0 bridgehead atoms. The van der Waals surface area contributed by atoms with Gasteiger partial charge in [-0.15, -0.1) is 0 Å². The van der Waals surface area contributed by atoms with E-state index in [2.05, 4.69) is 56.4 Å². The van der Waals surface area contributed by atoms with Crippen molar-refractivity contribution in [3.63, 3.8) is 0 Å². The van der Waals surface area contributed by atoms with Crippen molar-refractivity contribution < 1.29 is 9.47 Å². The second-order valence-electron chi connectivity index (χ2n) is 8.33. The van der Waals surface area contributed by atoms with Crippen LogP contribution in [0.1, 0.15) is 58.4 Å². The SMILES string of the molecule is CC(CC1(c2ccccc2)CCOC(C)(C)C1)NCC1CCCO1. The molecule has 2 aliphatic rings. The minimum Gasteiger partial charge on any atom is -0.377 e. The molecule has 3 atom stereocenters. The number of nitrogens with one attached hydrogen (secondary N) is 1. The van der Waals surface area contributed by atoms with Crippen LogP contribution in [0.2, 0.25) is 0 Å². The Morgan fingerprint density at radius 1 is 1.21 bits per heavy atom. The second kappa shape index (κ2) is 7.55. The van der Waals surface area contributed by atoms with Crippen LogP contribution in [0.3, 0.4) is 0 Å². The van der Waals surface area contributed by atoms with E-state index in [1.807, 2.05) is 0 Å². The fraction of sp³-hybridized carbons (Fsp3) is 0.714. The molecule has 134 valence electrons. The molecule has 2 fully saturated rings. The van der Waals surface area contributed by atoms with E-state index in [0.29, 0.717) is 12.1 Å². The van der Waals surface area contributed by atoms with Gasteiger partial charge in [-0.25, -0.2) is 0 Å². The Hall–Kier alpha value is -0.900. The van der Waals surface area contributed by atoms with E-state index < -0.39 is 0 Å².